The highest BCUT2D eigenvalue weighted by Gasteiger charge is 2.40. The van der Waals surface area contributed by atoms with E-state index in [-0.39, 0.29) is 30.7 Å². The van der Waals surface area contributed by atoms with E-state index in [4.69, 9.17) is 18.9 Å². The highest BCUT2D eigenvalue weighted by Crippen LogP contribution is 2.46. The lowest BCUT2D eigenvalue weighted by Gasteiger charge is -2.43. The Morgan fingerprint density at radius 2 is 1.67 bits per heavy atom. The van der Waals surface area contributed by atoms with E-state index in [9.17, 15) is 9.59 Å². The molecule has 0 aromatic heterocycles. The number of rotatable bonds is 7. The van der Waals surface area contributed by atoms with Crippen LogP contribution in [0.1, 0.15) is 58.2 Å². The van der Waals surface area contributed by atoms with Crippen LogP contribution >= 0.6 is 0 Å². The van der Waals surface area contributed by atoms with Crippen LogP contribution in [0.15, 0.2) is 42.5 Å². The number of carbonyl (C=O) groups excluding carboxylic acids is 2. The van der Waals surface area contributed by atoms with Crippen molar-refractivity contribution in [3.8, 4) is 11.5 Å². The second-order valence-corrected chi connectivity index (χ2v) is 10.2. The van der Waals surface area contributed by atoms with Gasteiger partial charge in [-0.05, 0) is 37.3 Å². The fourth-order valence-corrected chi connectivity index (χ4v) is 4.36. The molecule has 0 radical (unpaired) electrons. The van der Waals surface area contributed by atoms with E-state index in [1.165, 1.54) is 0 Å². The largest absolute Gasteiger partial charge is 0.493 e. The van der Waals surface area contributed by atoms with Crippen LogP contribution in [0.2, 0.25) is 0 Å². The zero-order chi connectivity index (χ0) is 26.5. The number of hydrogen-bond acceptors (Lipinski definition) is 6. The molecule has 0 N–H and O–H groups in total. The molecule has 2 amide bonds. The number of anilines is 1. The zero-order valence-electron chi connectivity index (χ0n) is 22.4. The standard InChI is InChI=1S/C28H38N2O6/c1-8-35-26(31)29(17-20-12-10-9-11-13-20)22-14-19(2)30(27(32)36-18-28(3,4)5)23-16-25(34-7)24(33-6)15-21(22)23/h9-13,15-16,19,22H,8,14,17-18H2,1-7H3/t19-,22+/m1/s1. The van der Waals surface area contributed by atoms with Crippen LogP contribution in [0.4, 0.5) is 15.3 Å². The topological polar surface area (TPSA) is 77.5 Å². The summed E-state index contributed by atoms with van der Waals surface area (Å²) in [6.07, 6.45) is -0.350. The third kappa shape index (κ3) is 6.22. The molecule has 0 fully saturated rings. The molecule has 1 aliphatic rings. The van der Waals surface area contributed by atoms with Gasteiger partial charge < -0.3 is 18.9 Å². The van der Waals surface area contributed by atoms with Gasteiger partial charge in [-0.15, -0.1) is 0 Å². The van der Waals surface area contributed by atoms with Crippen molar-refractivity contribution in [3.63, 3.8) is 0 Å². The second kappa shape index (κ2) is 11.5. The fourth-order valence-electron chi connectivity index (χ4n) is 4.36. The Bertz CT molecular complexity index is 1050. The average molecular weight is 499 g/mol. The van der Waals surface area contributed by atoms with Crippen molar-refractivity contribution in [2.75, 3.05) is 32.3 Å². The summed E-state index contributed by atoms with van der Waals surface area (Å²) in [6, 6.07) is 12.8. The van der Waals surface area contributed by atoms with Crippen molar-refractivity contribution >= 4 is 17.9 Å². The SMILES string of the molecule is CCOC(=O)N(Cc1ccccc1)[C@H]1C[C@@H](C)N(C(=O)OCC(C)(C)C)c2cc(OC)c(OC)cc21. The minimum absolute atomic E-state index is 0.173. The Hall–Kier alpha value is -3.42. The van der Waals surface area contributed by atoms with Gasteiger partial charge in [0.25, 0.3) is 0 Å². The normalized spacial score (nSPS) is 17.1. The Labute approximate surface area is 214 Å². The highest BCUT2D eigenvalue weighted by molar-refractivity contribution is 5.91. The molecule has 0 spiro atoms. The molecule has 0 bridgehead atoms. The molecule has 2 aromatic rings. The second-order valence-electron chi connectivity index (χ2n) is 10.2. The van der Waals surface area contributed by atoms with Gasteiger partial charge >= 0.3 is 12.2 Å². The maximum Gasteiger partial charge on any atom is 0.414 e. The maximum absolute atomic E-state index is 13.3. The maximum atomic E-state index is 13.3. The Morgan fingerprint density at radius 1 is 1.03 bits per heavy atom. The predicted molar refractivity (Wildman–Crippen MR) is 139 cm³/mol. The molecule has 3 rings (SSSR count). The van der Waals surface area contributed by atoms with Crippen LogP contribution in [-0.4, -0.2) is 50.6 Å². The molecule has 0 saturated heterocycles. The number of methoxy groups -OCH3 is 2. The molecule has 0 aliphatic carbocycles. The molecule has 8 heteroatoms. The Morgan fingerprint density at radius 3 is 2.25 bits per heavy atom. The molecule has 1 aliphatic heterocycles. The summed E-state index contributed by atoms with van der Waals surface area (Å²) < 4.78 is 22.3. The molecule has 36 heavy (non-hydrogen) atoms. The minimum Gasteiger partial charge on any atom is -0.493 e. The van der Waals surface area contributed by atoms with Crippen molar-refractivity contribution in [2.24, 2.45) is 5.41 Å². The summed E-state index contributed by atoms with van der Waals surface area (Å²) in [4.78, 5) is 29.9. The van der Waals surface area contributed by atoms with Gasteiger partial charge in [0.05, 0.1) is 39.2 Å². The Balaban J connectivity index is 2.10. The van der Waals surface area contributed by atoms with E-state index in [0.29, 0.717) is 30.2 Å². The van der Waals surface area contributed by atoms with Crippen molar-refractivity contribution in [3.05, 3.63) is 53.6 Å². The lowest BCUT2D eigenvalue weighted by atomic mass is 9.90. The summed E-state index contributed by atoms with van der Waals surface area (Å²) in [6.45, 7) is 10.7. The highest BCUT2D eigenvalue weighted by atomic mass is 16.6. The molecule has 8 nitrogen and oxygen atoms in total. The van der Waals surface area contributed by atoms with Gasteiger partial charge in [-0.2, -0.15) is 0 Å². The number of ether oxygens (including phenoxy) is 4. The van der Waals surface area contributed by atoms with Gasteiger partial charge in [-0.1, -0.05) is 51.1 Å². The van der Waals surface area contributed by atoms with E-state index in [1.807, 2.05) is 64.1 Å². The quantitative estimate of drug-likeness (QED) is 0.453. The van der Waals surface area contributed by atoms with E-state index >= 15 is 0 Å². The number of fused-ring (bicyclic) bond motifs is 1. The monoisotopic (exact) mass is 498 g/mol. The smallest absolute Gasteiger partial charge is 0.414 e. The first-order valence-electron chi connectivity index (χ1n) is 12.3. The number of carbonyl (C=O) groups is 2. The fraction of sp³-hybridized carbons (Fsp3) is 0.500. The first-order chi connectivity index (χ1) is 17.1. The van der Waals surface area contributed by atoms with Crippen LogP contribution in [0, 0.1) is 5.41 Å². The molecule has 0 unspecified atom stereocenters. The number of hydrogen-bond donors (Lipinski definition) is 0. The van der Waals surface area contributed by atoms with E-state index in [0.717, 1.165) is 11.1 Å². The average Bonchev–Trinajstić information content (AvgIpc) is 2.85. The lowest BCUT2D eigenvalue weighted by Crippen LogP contribution is -2.48. The summed E-state index contributed by atoms with van der Waals surface area (Å²) in [5.74, 6) is 1.01. The number of benzene rings is 2. The van der Waals surface area contributed by atoms with Gasteiger partial charge in [-0.25, -0.2) is 9.59 Å². The van der Waals surface area contributed by atoms with Crippen LogP contribution in [0.25, 0.3) is 0 Å². The molecule has 1 heterocycles. The summed E-state index contributed by atoms with van der Waals surface area (Å²) >= 11 is 0. The molecule has 196 valence electrons. The van der Waals surface area contributed by atoms with E-state index in [1.54, 1.807) is 37.0 Å². The van der Waals surface area contributed by atoms with Crippen molar-refractivity contribution < 1.29 is 28.5 Å². The van der Waals surface area contributed by atoms with Crippen LogP contribution in [0.5, 0.6) is 11.5 Å². The van der Waals surface area contributed by atoms with Crippen LogP contribution in [-0.2, 0) is 16.0 Å². The molecule has 0 saturated carbocycles. The third-order valence-corrected chi connectivity index (χ3v) is 6.06. The number of amides is 2. The minimum atomic E-state index is -0.435. The van der Waals surface area contributed by atoms with Gasteiger partial charge in [0.15, 0.2) is 11.5 Å². The molecular formula is C28H38N2O6. The Kier molecular flexibility index (Phi) is 8.71. The van der Waals surface area contributed by atoms with Crippen molar-refractivity contribution in [1.29, 1.82) is 0 Å². The van der Waals surface area contributed by atoms with Crippen molar-refractivity contribution in [1.82, 2.24) is 4.90 Å². The summed E-state index contributed by atoms with van der Waals surface area (Å²) in [5.41, 5.74) is 2.20. The third-order valence-electron chi connectivity index (χ3n) is 6.06. The summed E-state index contributed by atoms with van der Waals surface area (Å²) in [5, 5.41) is 0. The first-order valence-corrected chi connectivity index (χ1v) is 12.3. The molecule has 2 atom stereocenters. The van der Waals surface area contributed by atoms with Crippen LogP contribution in [0.3, 0.4) is 0 Å². The van der Waals surface area contributed by atoms with Gasteiger partial charge in [0.2, 0.25) is 0 Å². The van der Waals surface area contributed by atoms with Gasteiger partial charge in [0.1, 0.15) is 0 Å². The summed E-state index contributed by atoms with van der Waals surface area (Å²) in [7, 11) is 3.11. The first kappa shape index (κ1) is 27.2. The number of nitrogens with zero attached hydrogens (tertiary/aromatic N) is 2. The predicted octanol–water partition coefficient (Wildman–Crippen LogP) is 6.18. The zero-order valence-corrected chi connectivity index (χ0v) is 22.4. The van der Waals surface area contributed by atoms with Gasteiger partial charge in [0, 0.05) is 24.2 Å². The molecule has 2 aromatic carbocycles. The molecular weight excluding hydrogens is 460 g/mol. The van der Waals surface area contributed by atoms with Crippen molar-refractivity contribution in [2.45, 2.75) is 59.7 Å². The van der Waals surface area contributed by atoms with E-state index in [2.05, 4.69) is 0 Å². The van der Waals surface area contributed by atoms with Crippen LogP contribution < -0.4 is 14.4 Å². The lowest BCUT2D eigenvalue weighted by molar-refractivity contribution is 0.0796. The van der Waals surface area contributed by atoms with Gasteiger partial charge in [-0.3, -0.25) is 9.80 Å². The van der Waals surface area contributed by atoms with E-state index < -0.39 is 12.2 Å².